The van der Waals surface area contributed by atoms with Crippen molar-refractivity contribution in [2.75, 3.05) is 0 Å². The Kier molecular flexibility index (Phi) is 5.76. The Morgan fingerprint density at radius 1 is 0.688 bits per heavy atom. The number of nitrogens with one attached hydrogen (secondary N) is 2. The number of thiazole rings is 2. The molecule has 5 rings (SSSR count). The summed E-state index contributed by atoms with van der Waals surface area (Å²) in [5, 5.41) is 0. The molecule has 0 spiro atoms. The maximum absolute atomic E-state index is 13.0. The van der Waals surface area contributed by atoms with E-state index in [1.165, 1.54) is 0 Å². The Balaban J connectivity index is 1.38. The molecule has 2 N–H and O–H groups in total. The number of sulfonamides is 2. The molecule has 2 heterocycles. The van der Waals surface area contributed by atoms with Crippen LogP contribution in [0.15, 0.2) is 57.2 Å². The zero-order chi connectivity index (χ0) is 22.3. The second-order valence-corrected chi connectivity index (χ2v) is 13.5. The number of fused-ring (bicyclic) bond motifs is 2. The molecule has 2 atom stereocenters. The maximum atomic E-state index is 13.0. The van der Waals surface area contributed by atoms with E-state index in [1.54, 1.807) is 24.3 Å². The average Bonchev–Trinajstić information content (AvgIpc) is 3.40. The Morgan fingerprint density at radius 2 is 1.09 bits per heavy atom. The van der Waals surface area contributed by atoms with Gasteiger partial charge < -0.3 is 0 Å². The van der Waals surface area contributed by atoms with Gasteiger partial charge in [0.1, 0.15) is 0 Å². The third-order valence-electron chi connectivity index (χ3n) is 5.39. The molecule has 0 bridgehead atoms. The highest BCUT2D eigenvalue weighted by molar-refractivity contribution is 7.92. The highest BCUT2D eigenvalue weighted by atomic mass is 32.3. The van der Waals surface area contributed by atoms with Crippen LogP contribution in [-0.4, -0.2) is 38.9 Å². The molecule has 12 heteroatoms. The molecule has 1 saturated carbocycles. The van der Waals surface area contributed by atoms with Crippen LogP contribution >= 0.6 is 22.7 Å². The second-order valence-electron chi connectivity index (χ2n) is 7.64. The van der Waals surface area contributed by atoms with Crippen LogP contribution in [0, 0.1) is 0 Å². The van der Waals surface area contributed by atoms with Crippen LogP contribution < -0.4 is 9.44 Å². The van der Waals surface area contributed by atoms with Crippen molar-refractivity contribution in [3.8, 4) is 0 Å². The predicted molar refractivity (Wildman–Crippen MR) is 126 cm³/mol. The molecule has 32 heavy (non-hydrogen) atoms. The number of hydrogen-bond acceptors (Lipinski definition) is 8. The summed E-state index contributed by atoms with van der Waals surface area (Å²) in [6.45, 7) is 0. The van der Waals surface area contributed by atoms with Crippen LogP contribution in [-0.2, 0) is 20.0 Å². The van der Waals surface area contributed by atoms with E-state index in [-0.39, 0.29) is 8.68 Å². The first-order valence-electron chi connectivity index (χ1n) is 10.1. The van der Waals surface area contributed by atoms with Crippen LogP contribution in [0.1, 0.15) is 25.7 Å². The lowest BCUT2D eigenvalue weighted by Crippen LogP contribution is -2.52. The molecule has 1 aliphatic carbocycles. The minimum absolute atomic E-state index is 0.0166. The third kappa shape index (κ3) is 4.30. The fraction of sp³-hybridized carbons (Fsp3) is 0.300. The summed E-state index contributed by atoms with van der Waals surface area (Å²) < 4.78 is 59.0. The number of hydrogen-bond donors (Lipinski definition) is 2. The summed E-state index contributed by atoms with van der Waals surface area (Å²) in [5.74, 6) is 0. The third-order valence-corrected chi connectivity index (χ3v) is 11.2. The summed E-state index contributed by atoms with van der Waals surface area (Å²) in [4.78, 5) is 8.48. The highest BCUT2D eigenvalue weighted by Crippen LogP contribution is 2.29. The van der Waals surface area contributed by atoms with Crippen LogP contribution in [0.25, 0.3) is 20.4 Å². The van der Waals surface area contributed by atoms with Gasteiger partial charge in [0, 0.05) is 12.1 Å². The smallest absolute Gasteiger partial charge is 0.224 e. The van der Waals surface area contributed by atoms with Gasteiger partial charge in [0.05, 0.1) is 20.4 Å². The summed E-state index contributed by atoms with van der Waals surface area (Å²) in [6.07, 6.45) is 2.70. The molecule has 0 aliphatic heterocycles. The van der Waals surface area contributed by atoms with Gasteiger partial charge in [-0.1, -0.05) is 37.1 Å². The topological polar surface area (TPSA) is 118 Å². The lowest BCUT2D eigenvalue weighted by molar-refractivity contribution is 0.340. The first-order chi connectivity index (χ1) is 15.3. The van der Waals surface area contributed by atoms with E-state index in [4.69, 9.17) is 0 Å². The van der Waals surface area contributed by atoms with Crippen LogP contribution in [0.2, 0.25) is 0 Å². The first kappa shape index (κ1) is 21.9. The largest absolute Gasteiger partial charge is 0.268 e. The van der Waals surface area contributed by atoms with Gasteiger partial charge in [-0.3, -0.25) is 0 Å². The number of para-hydroxylation sites is 2. The van der Waals surface area contributed by atoms with Crippen molar-refractivity contribution in [3.63, 3.8) is 0 Å². The van der Waals surface area contributed by atoms with Gasteiger partial charge in [-0.15, -0.1) is 22.7 Å². The van der Waals surface area contributed by atoms with Gasteiger partial charge in [-0.05, 0) is 37.1 Å². The minimum atomic E-state index is -3.89. The molecule has 8 nitrogen and oxygen atoms in total. The van der Waals surface area contributed by atoms with Crippen LogP contribution in [0.3, 0.4) is 0 Å². The second kappa shape index (κ2) is 8.43. The maximum Gasteiger partial charge on any atom is 0.268 e. The molecule has 0 unspecified atom stereocenters. The van der Waals surface area contributed by atoms with E-state index < -0.39 is 32.1 Å². The Morgan fingerprint density at radius 3 is 1.50 bits per heavy atom. The summed E-state index contributed by atoms with van der Waals surface area (Å²) in [7, 11) is -7.77. The van der Waals surface area contributed by atoms with E-state index in [9.17, 15) is 16.8 Å². The van der Waals surface area contributed by atoms with Crippen LogP contribution in [0.4, 0.5) is 0 Å². The van der Waals surface area contributed by atoms with Crippen molar-refractivity contribution < 1.29 is 16.8 Å². The molecule has 0 saturated heterocycles. The number of nitrogens with zero attached hydrogens (tertiary/aromatic N) is 2. The number of benzene rings is 2. The molecule has 2 aromatic carbocycles. The molecule has 168 valence electrons. The van der Waals surface area contributed by atoms with Gasteiger partial charge >= 0.3 is 0 Å². The molecule has 4 aromatic rings. The van der Waals surface area contributed by atoms with Crippen molar-refractivity contribution in [2.24, 2.45) is 0 Å². The van der Waals surface area contributed by atoms with Gasteiger partial charge in [-0.25, -0.2) is 36.2 Å². The zero-order valence-electron chi connectivity index (χ0n) is 16.8. The van der Waals surface area contributed by atoms with Gasteiger partial charge in [0.2, 0.25) is 8.68 Å². The molecule has 1 fully saturated rings. The van der Waals surface area contributed by atoms with Crippen molar-refractivity contribution >= 4 is 63.2 Å². The molecule has 1 aliphatic rings. The summed E-state index contributed by atoms with van der Waals surface area (Å²) in [6, 6.07) is 13.3. The van der Waals surface area contributed by atoms with E-state index in [0.717, 1.165) is 44.9 Å². The van der Waals surface area contributed by atoms with E-state index >= 15 is 0 Å². The molecular formula is C20H20N4O4S4. The molecule has 0 radical (unpaired) electrons. The van der Waals surface area contributed by atoms with Crippen molar-refractivity contribution in [3.05, 3.63) is 48.5 Å². The average molecular weight is 509 g/mol. The lowest BCUT2D eigenvalue weighted by Gasteiger charge is -2.31. The standard InChI is InChI=1S/C20H20N4O4S4/c25-31(26,19-21-15-9-3-5-11-17(15)29-19)23-13-7-1-2-8-14(13)24-32(27,28)20-22-16-10-4-6-12-18(16)30-20/h3-6,9-14,23-24H,1-2,7-8H2/t13-,14-/m0/s1. The van der Waals surface area contributed by atoms with Gasteiger partial charge in [0.25, 0.3) is 20.0 Å². The summed E-state index contributed by atoms with van der Waals surface area (Å²) in [5.41, 5.74) is 1.24. The van der Waals surface area contributed by atoms with E-state index in [2.05, 4.69) is 19.4 Å². The fourth-order valence-electron chi connectivity index (χ4n) is 3.84. The first-order valence-corrected chi connectivity index (χ1v) is 14.7. The van der Waals surface area contributed by atoms with E-state index in [1.807, 2.05) is 24.3 Å². The molecule has 2 aromatic heterocycles. The number of aromatic nitrogens is 2. The zero-order valence-corrected chi connectivity index (χ0v) is 20.0. The lowest BCUT2D eigenvalue weighted by atomic mass is 9.92. The Labute approximate surface area is 193 Å². The van der Waals surface area contributed by atoms with Crippen molar-refractivity contribution in [1.82, 2.24) is 19.4 Å². The Bertz CT molecular complexity index is 1310. The molecule has 0 amide bonds. The predicted octanol–water partition coefficient (Wildman–Crippen LogP) is 3.47. The Hall–Kier alpha value is -1.96. The highest BCUT2D eigenvalue weighted by Gasteiger charge is 2.34. The SMILES string of the molecule is O=S(=O)(N[C@H]1CCCC[C@@H]1NS(=O)(=O)c1nc2ccccc2s1)c1nc2ccccc2s1. The van der Waals surface area contributed by atoms with Gasteiger partial charge in [-0.2, -0.15) is 0 Å². The number of rotatable bonds is 6. The van der Waals surface area contributed by atoms with Gasteiger partial charge in [0.15, 0.2) is 0 Å². The van der Waals surface area contributed by atoms with Crippen molar-refractivity contribution in [2.45, 2.75) is 46.4 Å². The minimum Gasteiger partial charge on any atom is -0.224 e. The monoisotopic (exact) mass is 508 g/mol. The normalized spacial score (nSPS) is 20.1. The summed E-state index contributed by atoms with van der Waals surface area (Å²) >= 11 is 2.20. The van der Waals surface area contributed by atoms with Crippen LogP contribution in [0.5, 0.6) is 0 Å². The quantitative estimate of drug-likeness (QED) is 0.412. The van der Waals surface area contributed by atoms with Crippen molar-refractivity contribution in [1.29, 1.82) is 0 Å². The molecular weight excluding hydrogens is 489 g/mol. The fourth-order valence-corrected chi connectivity index (χ4v) is 8.94. The van der Waals surface area contributed by atoms with E-state index in [0.29, 0.717) is 23.9 Å².